The van der Waals surface area contributed by atoms with Gasteiger partial charge >= 0.3 is 0 Å². The van der Waals surface area contributed by atoms with E-state index >= 15 is 0 Å². The topological polar surface area (TPSA) is 97.7 Å². The largest absolute Gasteiger partial charge is 0.393 e. The summed E-state index contributed by atoms with van der Waals surface area (Å²) >= 11 is 0. The van der Waals surface area contributed by atoms with Crippen molar-refractivity contribution in [2.75, 3.05) is 6.61 Å². The molecule has 0 aliphatic heterocycles. The molecule has 0 aromatic heterocycles. The number of aryl methyl sites for hydroxylation is 1. The lowest BCUT2D eigenvalue weighted by Gasteiger charge is -2.59. The van der Waals surface area contributed by atoms with E-state index in [0.29, 0.717) is 31.1 Å². The number of carbonyl (C=O) groups excluding carboxylic acids is 2. The third kappa shape index (κ3) is 4.04. The number of benzene rings is 1. The SMILES string of the molecule is Cc1ccc(S(=O)(=O)OCC(=O)C2CCC3C4CCC5=CC(=O)CCC5(C)C4[C@@H](O)CC23C)cc1. The first-order valence-corrected chi connectivity index (χ1v) is 14.3. The molecule has 0 spiro atoms. The standard InChI is InChI=1S/C28H36O6S/c1-17-4-7-20(8-5-17)35(32,33)34-16-25(31)23-11-10-22-21-9-6-18-14-19(29)12-13-27(18,2)26(21)24(30)15-28(22,23)3/h4-5,7-8,14,21-24,26,30H,6,9-13,15-16H2,1-3H3/t21?,22?,23?,24-,26?,27?,28?/m0/s1. The van der Waals surface area contributed by atoms with Crippen molar-refractivity contribution in [1.29, 1.82) is 0 Å². The summed E-state index contributed by atoms with van der Waals surface area (Å²) in [5, 5.41) is 11.5. The van der Waals surface area contributed by atoms with Gasteiger partial charge in [0.15, 0.2) is 11.6 Å². The number of allylic oxidation sites excluding steroid dienone is 1. The lowest BCUT2D eigenvalue weighted by Crippen LogP contribution is -2.57. The lowest BCUT2D eigenvalue weighted by molar-refractivity contribution is -0.146. The molecule has 6 unspecified atom stereocenters. The van der Waals surface area contributed by atoms with Crippen molar-refractivity contribution in [2.24, 2.45) is 34.5 Å². The predicted molar refractivity (Wildman–Crippen MR) is 131 cm³/mol. The van der Waals surface area contributed by atoms with Gasteiger partial charge in [-0.1, -0.05) is 37.1 Å². The zero-order chi connectivity index (χ0) is 25.2. The maximum atomic E-state index is 13.3. The highest BCUT2D eigenvalue weighted by atomic mass is 32.2. The number of aliphatic hydroxyl groups is 1. The van der Waals surface area contributed by atoms with Crippen LogP contribution < -0.4 is 0 Å². The molecule has 4 aliphatic carbocycles. The average Bonchev–Trinajstić information content (AvgIpc) is 3.14. The van der Waals surface area contributed by atoms with Crippen molar-refractivity contribution >= 4 is 21.7 Å². The Hall–Kier alpha value is -1.83. The Morgan fingerprint density at radius 1 is 1.11 bits per heavy atom. The van der Waals surface area contributed by atoms with Gasteiger partial charge in [-0.2, -0.15) is 8.42 Å². The van der Waals surface area contributed by atoms with E-state index in [4.69, 9.17) is 4.18 Å². The number of rotatable bonds is 5. The van der Waals surface area contributed by atoms with Crippen molar-refractivity contribution in [3.63, 3.8) is 0 Å². The van der Waals surface area contributed by atoms with Gasteiger partial charge in [0.05, 0.1) is 11.0 Å². The molecule has 190 valence electrons. The van der Waals surface area contributed by atoms with E-state index in [-0.39, 0.29) is 39.1 Å². The first-order chi connectivity index (χ1) is 16.5. The number of Topliss-reactive ketones (excluding diaryl/α,β-unsaturated/α-hetero) is 1. The zero-order valence-electron chi connectivity index (χ0n) is 20.8. The highest BCUT2D eigenvalue weighted by Crippen LogP contribution is 2.66. The smallest absolute Gasteiger partial charge is 0.297 e. The third-order valence-corrected chi connectivity index (χ3v) is 11.2. The Balaban J connectivity index is 1.33. The van der Waals surface area contributed by atoms with E-state index < -0.39 is 22.8 Å². The van der Waals surface area contributed by atoms with E-state index in [1.807, 2.05) is 13.0 Å². The van der Waals surface area contributed by atoms with Crippen LogP contribution in [0, 0.1) is 41.4 Å². The molecular weight excluding hydrogens is 464 g/mol. The van der Waals surface area contributed by atoms with Gasteiger partial charge in [0, 0.05) is 12.3 Å². The molecule has 1 N–H and O–H groups in total. The second kappa shape index (κ2) is 8.63. The molecule has 1 aromatic carbocycles. The van der Waals surface area contributed by atoms with E-state index in [0.717, 1.165) is 31.2 Å². The maximum Gasteiger partial charge on any atom is 0.297 e. The van der Waals surface area contributed by atoms with E-state index in [2.05, 4.69) is 13.8 Å². The van der Waals surface area contributed by atoms with Gasteiger partial charge in [-0.15, -0.1) is 0 Å². The average molecular weight is 501 g/mol. The van der Waals surface area contributed by atoms with Crippen LogP contribution in [-0.4, -0.2) is 37.8 Å². The van der Waals surface area contributed by atoms with Crippen LogP contribution in [-0.2, 0) is 23.9 Å². The fourth-order valence-electron chi connectivity index (χ4n) is 8.23. The van der Waals surface area contributed by atoms with Gasteiger partial charge in [-0.3, -0.25) is 13.8 Å². The third-order valence-electron chi connectivity index (χ3n) is 9.95. The molecule has 3 saturated carbocycles. The van der Waals surface area contributed by atoms with Crippen LogP contribution in [0.1, 0.15) is 64.4 Å². The molecule has 35 heavy (non-hydrogen) atoms. The maximum absolute atomic E-state index is 13.3. The number of aliphatic hydroxyl groups excluding tert-OH is 1. The first kappa shape index (κ1) is 24.8. The van der Waals surface area contributed by atoms with Gasteiger partial charge in [-0.25, -0.2) is 0 Å². The van der Waals surface area contributed by atoms with Crippen LogP contribution in [0.2, 0.25) is 0 Å². The zero-order valence-corrected chi connectivity index (χ0v) is 21.6. The Bertz CT molecular complexity index is 1170. The Kier molecular flexibility index (Phi) is 6.13. The highest BCUT2D eigenvalue weighted by molar-refractivity contribution is 7.86. The van der Waals surface area contributed by atoms with Crippen LogP contribution in [0.25, 0.3) is 0 Å². The molecule has 6 nitrogen and oxygen atoms in total. The summed E-state index contributed by atoms with van der Waals surface area (Å²) in [6.07, 6.45) is 6.52. The van der Waals surface area contributed by atoms with Gasteiger partial charge < -0.3 is 5.11 Å². The van der Waals surface area contributed by atoms with Crippen molar-refractivity contribution in [3.05, 3.63) is 41.5 Å². The lowest BCUT2D eigenvalue weighted by atomic mass is 9.46. The molecule has 5 rings (SSSR count). The molecule has 3 fully saturated rings. The van der Waals surface area contributed by atoms with Crippen LogP contribution in [0.3, 0.4) is 0 Å². The Morgan fingerprint density at radius 3 is 2.54 bits per heavy atom. The first-order valence-electron chi connectivity index (χ1n) is 12.9. The van der Waals surface area contributed by atoms with E-state index in [1.54, 1.807) is 12.1 Å². The van der Waals surface area contributed by atoms with Crippen molar-refractivity contribution in [2.45, 2.75) is 76.7 Å². The molecule has 0 radical (unpaired) electrons. The minimum absolute atomic E-state index is 0.0487. The van der Waals surface area contributed by atoms with Crippen LogP contribution in [0.5, 0.6) is 0 Å². The number of hydrogen-bond acceptors (Lipinski definition) is 6. The molecule has 7 heteroatoms. The van der Waals surface area contributed by atoms with Gasteiger partial charge in [0.1, 0.15) is 6.61 Å². The highest BCUT2D eigenvalue weighted by Gasteiger charge is 2.62. The summed E-state index contributed by atoms with van der Waals surface area (Å²) in [7, 11) is -4.01. The second-order valence-corrected chi connectivity index (χ2v) is 13.4. The van der Waals surface area contributed by atoms with Gasteiger partial charge in [0.2, 0.25) is 0 Å². The normalized spacial score (nSPS) is 38.8. The van der Waals surface area contributed by atoms with Crippen molar-refractivity contribution in [3.8, 4) is 0 Å². The number of hydrogen-bond donors (Lipinski definition) is 1. The monoisotopic (exact) mass is 500 g/mol. The van der Waals surface area contributed by atoms with Crippen molar-refractivity contribution in [1.82, 2.24) is 0 Å². The van der Waals surface area contributed by atoms with E-state index in [9.17, 15) is 23.1 Å². The molecule has 4 aliphatic rings. The molecular formula is C28H36O6S. The number of fused-ring (bicyclic) bond motifs is 5. The van der Waals surface area contributed by atoms with Crippen LogP contribution in [0.15, 0.2) is 40.8 Å². The Morgan fingerprint density at radius 2 is 1.83 bits per heavy atom. The summed E-state index contributed by atoms with van der Waals surface area (Å²) in [6, 6.07) is 6.39. The van der Waals surface area contributed by atoms with Crippen LogP contribution >= 0.6 is 0 Å². The number of carbonyl (C=O) groups is 2. The quantitative estimate of drug-likeness (QED) is 0.602. The fraction of sp³-hybridized carbons (Fsp3) is 0.643. The summed E-state index contributed by atoms with van der Waals surface area (Å²) in [4.78, 5) is 25.4. The summed E-state index contributed by atoms with van der Waals surface area (Å²) < 4.78 is 30.4. The molecule has 0 saturated heterocycles. The molecule has 1 aromatic rings. The van der Waals surface area contributed by atoms with Crippen molar-refractivity contribution < 1.29 is 27.3 Å². The second-order valence-electron chi connectivity index (χ2n) is 11.8. The molecule has 0 amide bonds. The molecule has 0 heterocycles. The summed E-state index contributed by atoms with van der Waals surface area (Å²) in [5.41, 5.74) is 1.60. The van der Waals surface area contributed by atoms with E-state index in [1.165, 1.54) is 17.7 Å². The minimum Gasteiger partial charge on any atom is -0.393 e. The Labute approximate surface area is 208 Å². The fourth-order valence-corrected chi connectivity index (χ4v) is 9.10. The van der Waals surface area contributed by atoms with Gasteiger partial charge in [0.25, 0.3) is 10.1 Å². The summed E-state index contributed by atoms with van der Waals surface area (Å²) in [5.74, 6) is 0.374. The molecule has 0 bridgehead atoms. The van der Waals surface area contributed by atoms with Crippen LogP contribution in [0.4, 0.5) is 0 Å². The minimum atomic E-state index is -4.01. The molecule has 7 atom stereocenters. The predicted octanol–water partition coefficient (Wildman–Crippen LogP) is 4.39. The summed E-state index contributed by atoms with van der Waals surface area (Å²) in [6.45, 7) is 5.73. The number of ketones is 2. The van der Waals surface area contributed by atoms with Gasteiger partial charge in [-0.05, 0) is 92.2 Å².